The molecule has 3 nitrogen and oxygen atoms in total. The van der Waals surface area contributed by atoms with Gasteiger partial charge in [0.2, 0.25) is 5.91 Å². The van der Waals surface area contributed by atoms with Crippen molar-refractivity contribution in [3.63, 3.8) is 0 Å². The Bertz CT molecular complexity index is 505. The Balaban J connectivity index is 2.28. The van der Waals surface area contributed by atoms with Gasteiger partial charge in [-0.1, -0.05) is 29.8 Å². The summed E-state index contributed by atoms with van der Waals surface area (Å²) >= 11 is 3.01. The highest BCUT2D eigenvalue weighted by molar-refractivity contribution is 9.10. The molecule has 0 radical (unpaired) electrons. The van der Waals surface area contributed by atoms with E-state index in [0.717, 1.165) is 18.7 Å². The minimum atomic E-state index is -0.782. The monoisotopic (exact) mass is 346 g/mol. The normalized spacial score (nSPS) is 22.3. The average Bonchev–Trinajstić information content (AvgIpc) is 2.83. The highest BCUT2D eigenvalue weighted by atomic mass is 79.9. The SMILES string of the molecule is CC(C)C1(C(=O)Nc2c(F)cc(Br)cc2F)CCNC1. The van der Waals surface area contributed by atoms with Gasteiger partial charge in [-0.05, 0) is 31.0 Å². The first-order chi connectivity index (χ1) is 9.36. The van der Waals surface area contributed by atoms with Crippen LogP contribution in [0, 0.1) is 23.0 Å². The number of carbonyl (C=O) groups is 1. The zero-order valence-corrected chi connectivity index (χ0v) is 13.0. The molecule has 1 aromatic rings. The van der Waals surface area contributed by atoms with Crippen LogP contribution in [0.1, 0.15) is 20.3 Å². The van der Waals surface area contributed by atoms with Gasteiger partial charge in [-0.3, -0.25) is 4.79 Å². The predicted molar refractivity (Wildman–Crippen MR) is 77.4 cm³/mol. The highest BCUT2D eigenvalue weighted by Gasteiger charge is 2.44. The van der Waals surface area contributed by atoms with Crippen molar-refractivity contribution in [2.75, 3.05) is 18.4 Å². The molecule has 0 aromatic heterocycles. The molecule has 1 heterocycles. The molecule has 1 aromatic carbocycles. The van der Waals surface area contributed by atoms with E-state index in [4.69, 9.17) is 0 Å². The van der Waals surface area contributed by atoms with E-state index in [-0.39, 0.29) is 17.5 Å². The van der Waals surface area contributed by atoms with Crippen LogP contribution in [0.25, 0.3) is 0 Å². The van der Waals surface area contributed by atoms with E-state index in [0.29, 0.717) is 17.4 Å². The molecule has 0 bridgehead atoms. The van der Waals surface area contributed by atoms with Gasteiger partial charge in [0, 0.05) is 11.0 Å². The van der Waals surface area contributed by atoms with Crippen LogP contribution in [0.5, 0.6) is 0 Å². The molecule has 0 aliphatic carbocycles. The number of anilines is 1. The van der Waals surface area contributed by atoms with E-state index in [1.54, 1.807) is 0 Å². The number of hydrogen-bond acceptors (Lipinski definition) is 2. The maximum Gasteiger partial charge on any atom is 0.232 e. The summed E-state index contributed by atoms with van der Waals surface area (Å²) in [6.45, 7) is 5.15. The molecule has 1 unspecified atom stereocenters. The molecule has 1 aliphatic heterocycles. The van der Waals surface area contributed by atoms with Gasteiger partial charge in [-0.25, -0.2) is 8.78 Å². The van der Waals surface area contributed by atoms with Crippen molar-refractivity contribution < 1.29 is 13.6 Å². The lowest BCUT2D eigenvalue weighted by atomic mass is 9.75. The quantitative estimate of drug-likeness (QED) is 0.881. The largest absolute Gasteiger partial charge is 0.321 e. The second-order valence-corrected chi connectivity index (χ2v) is 6.35. The predicted octanol–water partition coefficient (Wildman–Crippen LogP) is 3.30. The van der Waals surface area contributed by atoms with Crippen LogP contribution in [0.3, 0.4) is 0 Å². The van der Waals surface area contributed by atoms with Crippen LogP contribution in [0.15, 0.2) is 16.6 Å². The fraction of sp³-hybridized carbons (Fsp3) is 0.500. The number of rotatable bonds is 3. The topological polar surface area (TPSA) is 41.1 Å². The van der Waals surface area contributed by atoms with E-state index in [1.807, 2.05) is 13.8 Å². The molecule has 1 fully saturated rings. The Kier molecular flexibility index (Phi) is 4.44. The lowest BCUT2D eigenvalue weighted by Gasteiger charge is -2.31. The second-order valence-electron chi connectivity index (χ2n) is 5.44. The maximum atomic E-state index is 13.8. The molecule has 0 spiro atoms. The third-order valence-electron chi connectivity index (χ3n) is 3.99. The molecule has 2 N–H and O–H groups in total. The lowest BCUT2D eigenvalue weighted by Crippen LogP contribution is -2.42. The van der Waals surface area contributed by atoms with Crippen LogP contribution in [0.4, 0.5) is 14.5 Å². The van der Waals surface area contributed by atoms with Gasteiger partial charge >= 0.3 is 0 Å². The number of halogens is 3. The first-order valence-electron chi connectivity index (χ1n) is 6.53. The Morgan fingerprint density at radius 2 is 2.00 bits per heavy atom. The van der Waals surface area contributed by atoms with Gasteiger partial charge in [0.25, 0.3) is 0 Å². The molecule has 6 heteroatoms. The maximum absolute atomic E-state index is 13.8. The molecule has 2 rings (SSSR count). The van der Waals surface area contributed by atoms with Gasteiger partial charge < -0.3 is 10.6 Å². The molecule has 1 aliphatic rings. The van der Waals surface area contributed by atoms with E-state index < -0.39 is 17.0 Å². The summed E-state index contributed by atoms with van der Waals surface area (Å²) in [6, 6.07) is 2.27. The number of carbonyl (C=O) groups excluding carboxylic acids is 1. The van der Waals surface area contributed by atoms with E-state index in [9.17, 15) is 13.6 Å². The standard InChI is InChI=1S/C14H17BrF2N2O/c1-8(2)14(3-4-18-7-14)13(20)19-12-10(16)5-9(15)6-11(12)17/h5-6,8,18H,3-4,7H2,1-2H3,(H,19,20). The van der Waals surface area contributed by atoms with Crippen LogP contribution < -0.4 is 10.6 Å². The first-order valence-corrected chi connectivity index (χ1v) is 7.33. The van der Waals surface area contributed by atoms with Crippen LogP contribution >= 0.6 is 15.9 Å². The van der Waals surface area contributed by atoms with E-state index in [2.05, 4.69) is 26.6 Å². The number of amides is 1. The summed E-state index contributed by atoms with van der Waals surface area (Å²) in [5.41, 5.74) is -1.00. The molecular weight excluding hydrogens is 330 g/mol. The molecule has 110 valence electrons. The van der Waals surface area contributed by atoms with Crippen molar-refractivity contribution in [3.8, 4) is 0 Å². The minimum absolute atomic E-state index is 0.0825. The summed E-state index contributed by atoms with van der Waals surface area (Å²) in [7, 11) is 0. The van der Waals surface area contributed by atoms with Gasteiger partial charge in [0.1, 0.15) is 5.69 Å². The fourth-order valence-electron chi connectivity index (χ4n) is 2.56. The third-order valence-corrected chi connectivity index (χ3v) is 4.45. The van der Waals surface area contributed by atoms with E-state index >= 15 is 0 Å². The summed E-state index contributed by atoms with van der Waals surface area (Å²) in [4.78, 5) is 12.5. The van der Waals surface area contributed by atoms with Gasteiger partial charge in [-0.2, -0.15) is 0 Å². The average molecular weight is 347 g/mol. The Morgan fingerprint density at radius 3 is 2.45 bits per heavy atom. The zero-order chi connectivity index (χ0) is 14.9. The van der Waals surface area contributed by atoms with Crippen molar-refractivity contribution in [1.82, 2.24) is 5.32 Å². The van der Waals surface area contributed by atoms with Crippen LogP contribution in [-0.4, -0.2) is 19.0 Å². The number of benzene rings is 1. The fourth-order valence-corrected chi connectivity index (χ4v) is 2.96. The van der Waals surface area contributed by atoms with Gasteiger partial charge in [0.05, 0.1) is 5.41 Å². The molecule has 1 amide bonds. The van der Waals surface area contributed by atoms with Crippen LogP contribution in [-0.2, 0) is 4.79 Å². The van der Waals surface area contributed by atoms with Crippen molar-refractivity contribution in [2.24, 2.45) is 11.3 Å². The highest BCUT2D eigenvalue weighted by Crippen LogP contribution is 2.36. The third kappa shape index (κ3) is 2.72. The van der Waals surface area contributed by atoms with Crippen molar-refractivity contribution in [2.45, 2.75) is 20.3 Å². The van der Waals surface area contributed by atoms with Gasteiger partial charge in [0.15, 0.2) is 11.6 Å². The molecular formula is C14H17BrF2N2O. The number of hydrogen-bond donors (Lipinski definition) is 2. The Morgan fingerprint density at radius 1 is 1.40 bits per heavy atom. The first kappa shape index (κ1) is 15.4. The Labute approximate surface area is 125 Å². The second kappa shape index (κ2) is 5.77. The summed E-state index contributed by atoms with van der Waals surface area (Å²) < 4.78 is 27.9. The summed E-state index contributed by atoms with van der Waals surface area (Å²) in [5, 5.41) is 5.56. The molecule has 20 heavy (non-hydrogen) atoms. The van der Waals surface area contributed by atoms with Crippen molar-refractivity contribution in [3.05, 3.63) is 28.2 Å². The lowest BCUT2D eigenvalue weighted by molar-refractivity contribution is -0.126. The number of nitrogens with one attached hydrogen (secondary N) is 2. The van der Waals surface area contributed by atoms with Gasteiger partial charge in [-0.15, -0.1) is 0 Å². The van der Waals surface area contributed by atoms with E-state index in [1.165, 1.54) is 0 Å². The minimum Gasteiger partial charge on any atom is -0.321 e. The molecule has 0 saturated carbocycles. The summed E-state index contributed by atoms with van der Waals surface area (Å²) in [5.74, 6) is -1.82. The van der Waals surface area contributed by atoms with Crippen molar-refractivity contribution in [1.29, 1.82) is 0 Å². The summed E-state index contributed by atoms with van der Waals surface area (Å²) in [6.07, 6.45) is 0.663. The smallest absolute Gasteiger partial charge is 0.232 e. The Hall–Kier alpha value is -1.01. The molecule has 1 atom stereocenters. The zero-order valence-electron chi connectivity index (χ0n) is 11.4. The molecule has 1 saturated heterocycles. The van der Waals surface area contributed by atoms with Crippen LogP contribution in [0.2, 0.25) is 0 Å². The van der Waals surface area contributed by atoms with Crippen molar-refractivity contribution >= 4 is 27.5 Å².